The largest absolute Gasteiger partial charge is 0.497 e. The van der Waals surface area contributed by atoms with E-state index in [2.05, 4.69) is 45.8 Å². The first kappa shape index (κ1) is 16.1. The summed E-state index contributed by atoms with van der Waals surface area (Å²) < 4.78 is 5.29. The summed E-state index contributed by atoms with van der Waals surface area (Å²) in [5.74, 6) is 1.63. The Morgan fingerprint density at radius 2 is 1.58 bits per heavy atom. The van der Waals surface area contributed by atoms with Gasteiger partial charge in [0.25, 0.3) is 0 Å². The number of anilines is 1. The third-order valence-corrected chi connectivity index (χ3v) is 4.33. The molecule has 128 valence electrons. The fourth-order valence-electron chi connectivity index (χ4n) is 3.01. The van der Waals surface area contributed by atoms with Crippen molar-refractivity contribution in [3.05, 3.63) is 84.4 Å². The van der Waals surface area contributed by atoms with E-state index in [9.17, 15) is 0 Å². The van der Waals surface area contributed by atoms with Gasteiger partial charge in [0, 0.05) is 22.9 Å². The average molecular weight is 341 g/mol. The van der Waals surface area contributed by atoms with E-state index in [1.165, 1.54) is 0 Å². The number of nitrogens with one attached hydrogen (secondary N) is 1. The van der Waals surface area contributed by atoms with Crippen molar-refractivity contribution in [1.29, 1.82) is 0 Å². The summed E-state index contributed by atoms with van der Waals surface area (Å²) in [5, 5.41) is 14.5. The van der Waals surface area contributed by atoms with Crippen LogP contribution in [0.2, 0.25) is 0 Å². The van der Waals surface area contributed by atoms with Gasteiger partial charge in [-0.05, 0) is 17.7 Å². The smallest absolute Gasteiger partial charge is 0.156 e. The fraction of sp³-hybridized carbons (Fsp3) is 0.0909. The summed E-state index contributed by atoms with van der Waals surface area (Å²) >= 11 is 0. The number of fused-ring (bicyclic) bond motifs is 1. The van der Waals surface area contributed by atoms with Gasteiger partial charge in [0.15, 0.2) is 5.82 Å². The van der Waals surface area contributed by atoms with Crippen LogP contribution in [0.25, 0.3) is 22.0 Å². The Bertz CT molecular complexity index is 1030. The molecule has 0 spiro atoms. The van der Waals surface area contributed by atoms with Gasteiger partial charge in [0.2, 0.25) is 0 Å². The average Bonchev–Trinajstić information content (AvgIpc) is 2.72. The summed E-state index contributed by atoms with van der Waals surface area (Å²) in [6.07, 6.45) is 0. The summed E-state index contributed by atoms with van der Waals surface area (Å²) in [4.78, 5) is 0. The number of rotatable bonds is 5. The van der Waals surface area contributed by atoms with Crippen LogP contribution in [0.3, 0.4) is 0 Å². The van der Waals surface area contributed by atoms with E-state index in [1.807, 2.05) is 48.5 Å². The highest BCUT2D eigenvalue weighted by atomic mass is 16.5. The predicted molar refractivity (Wildman–Crippen MR) is 105 cm³/mol. The first-order valence-electron chi connectivity index (χ1n) is 8.53. The molecule has 0 aliphatic rings. The Hall–Kier alpha value is -3.40. The van der Waals surface area contributed by atoms with Crippen molar-refractivity contribution in [2.75, 3.05) is 12.4 Å². The van der Waals surface area contributed by atoms with Crippen LogP contribution in [-0.4, -0.2) is 17.3 Å². The van der Waals surface area contributed by atoms with Crippen LogP contribution >= 0.6 is 0 Å². The number of hydrogen-bond acceptors (Lipinski definition) is 4. The molecule has 26 heavy (non-hydrogen) atoms. The number of methoxy groups -OCH3 is 1. The van der Waals surface area contributed by atoms with Crippen molar-refractivity contribution in [1.82, 2.24) is 10.2 Å². The Morgan fingerprint density at radius 3 is 2.38 bits per heavy atom. The molecule has 0 saturated carbocycles. The predicted octanol–water partition coefficient (Wildman–Crippen LogP) is 4.92. The Balaban J connectivity index is 1.68. The molecule has 0 unspecified atom stereocenters. The first-order chi connectivity index (χ1) is 12.8. The normalized spacial score (nSPS) is 10.7. The minimum absolute atomic E-state index is 0.653. The van der Waals surface area contributed by atoms with E-state index in [1.54, 1.807) is 7.11 Å². The molecule has 1 N–H and O–H groups in total. The number of ether oxygens (including phenoxy) is 1. The molecule has 4 aromatic rings. The lowest BCUT2D eigenvalue weighted by Gasteiger charge is -2.11. The van der Waals surface area contributed by atoms with Crippen LogP contribution in [0.1, 0.15) is 5.56 Å². The van der Waals surface area contributed by atoms with E-state index in [0.717, 1.165) is 39.2 Å². The molecule has 1 aromatic heterocycles. The molecule has 0 radical (unpaired) electrons. The number of nitrogens with zero attached hydrogens (tertiary/aromatic N) is 2. The molecule has 1 heterocycles. The molecule has 4 heteroatoms. The van der Waals surface area contributed by atoms with Gasteiger partial charge in [-0.3, -0.25) is 0 Å². The van der Waals surface area contributed by atoms with Gasteiger partial charge in [-0.1, -0.05) is 66.7 Å². The van der Waals surface area contributed by atoms with Crippen molar-refractivity contribution in [3.8, 4) is 17.0 Å². The molecule has 4 nitrogen and oxygen atoms in total. The maximum absolute atomic E-state index is 5.29. The molecule has 4 rings (SSSR count). The van der Waals surface area contributed by atoms with Gasteiger partial charge < -0.3 is 10.1 Å². The lowest BCUT2D eigenvalue weighted by Crippen LogP contribution is -2.04. The zero-order chi connectivity index (χ0) is 17.8. The summed E-state index contributed by atoms with van der Waals surface area (Å²) in [6.45, 7) is 0.653. The minimum atomic E-state index is 0.653. The van der Waals surface area contributed by atoms with E-state index < -0.39 is 0 Å². The third kappa shape index (κ3) is 3.22. The van der Waals surface area contributed by atoms with E-state index in [4.69, 9.17) is 4.74 Å². The number of hydrogen-bond donors (Lipinski definition) is 1. The molecule has 0 saturated heterocycles. The molecule has 0 aliphatic carbocycles. The Morgan fingerprint density at radius 1 is 0.808 bits per heavy atom. The van der Waals surface area contributed by atoms with Crippen LogP contribution < -0.4 is 10.1 Å². The molecular weight excluding hydrogens is 322 g/mol. The van der Waals surface area contributed by atoms with Crippen molar-refractivity contribution < 1.29 is 4.74 Å². The lowest BCUT2D eigenvalue weighted by molar-refractivity contribution is 0.414. The highest BCUT2D eigenvalue weighted by Gasteiger charge is 2.10. The van der Waals surface area contributed by atoms with Crippen molar-refractivity contribution in [3.63, 3.8) is 0 Å². The third-order valence-electron chi connectivity index (χ3n) is 4.33. The fourth-order valence-corrected chi connectivity index (χ4v) is 3.01. The van der Waals surface area contributed by atoms with Gasteiger partial charge in [-0.25, -0.2) is 0 Å². The van der Waals surface area contributed by atoms with Crippen LogP contribution in [0.5, 0.6) is 5.75 Å². The van der Waals surface area contributed by atoms with Gasteiger partial charge in [-0.2, -0.15) is 0 Å². The SMILES string of the molecule is COc1cccc(CNc2nnc(-c3ccccc3)c3ccccc23)c1. The zero-order valence-electron chi connectivity index (χ0n) is 14.5. The second-order valence-electron chi connectivity index (χ2n) is 6.01. The molecule has 0 amide bonds. The number of aromatic nitrogens is 2. The molecule has 0 atom stereocenters. The van der Waals surface area contributed by atoms with Crippen LogP contribution in [0.4, 0.5) is 5.82 Å². The number of benzene rings is 3. The van der Waals surface area contributed by atoms with Crippen LogP contribution in [0, 0.1) is 0 Å². The highest BCUT2D eigenvalue weighted by Crippen LogP contribution is 2.29. The Kier molecular flexibility index (Phi) is 4.48. The Labute approximate surface area is 152 Å². The van der Waals surface area contributed by atoms with E-state index in [0.29, 0.717) is 6.54 Å². The molecule has 0 aliphatic heterocycles. The van der Waals surface area contributed by atoms with E-state index >= 15 is 0 Å². The van der Waals surface area contributed by atoms with Crippen LogP contribution in [0.15, 0.2) is 78.9 Å². The maximum atomic E-state index is 5.29. The van der Waals surface area contributed by atoms with Crippen LogP contribution in [-0.2, 0) is 6.54 Å². The molecule has 0 fully saturated rings. The highest BCUT2D eigenvalue weighted by molar-refractivity contribution is 5.99. The second-order valence-corrected chi connectivity index (χ2v) is 6.01. The minimum Gasteiger partial charge on any atom is -0.497 e. The van der Waals surface area contributed by atoms with E-state index in [-0.39, 0.29) is 0 Å². The van der Waals surface area contributed by atoms with Gasteiger partial charge in [-0.15, -0.1) is 10.2 Å². The summed E-state index contributed by atoms with van der Waals surface area (Å²) in [5.41, 5.74) is 3.09. The van der Waals surface area contributed by atoms with Crippen molar-refractivity contribution in [2.24, 2.45) is 0 Å². The van der Waals surface area contributed by atoms with Gasteiger partial charge >= 0.3 is 0 Å². The molecular formula is C22H19N3O. The topological polar surface area (TPSA) is 47.0 Å². The first-order valence-corrected chi connectivity index (χ1v) is 8.53. The van der Waals surface area contributed by atoms with Gasteiger partial charge in [0.05, 0.1) is 7.11 Å². The standard InChI is InChI=1S/C22H19N3O/c1-26-18-11-7-8-16(14-18)15-23-22-20-13-6-5-12-19(20)21(24-25-22)17-9-3-2-4-10-17/h2-14H,15H2,1H3,(H,23,25). The summed E-state index contributed by atoms with van der Waals surface area (Å²) in [7, 11) is 1.67. The summed E-state index contributed by atoms with van der Waals surface area (Å²) in [6, 6.07) is 26.4. The lowest BCUT2D eigenvalue weighted by atomic mass is 10.0. The van der Waals surface area contributed by atoms with Crippen molar-refractivity contribution in [2.45, 2.75) is 6.54 Å². The zero-order valence-corrected chi connectivity index (χ0v) is 14.5. The maximum Gasteiger partial charge on any atom is 0.156 e. The quantitative estimate of drug-likeness (QED) is 0.560. The molecule has 3 aromatic carbocycles. The van der Waals surface area contributed by atoms with Crippen molar-refractivity contribution >= 4 is 16.6 Å². The second kappa shape index (κ2) is 7.23. The monoisotopic (exact) mass is 341 g/mol. The molecule has 0 bridgehead atoms. The van der Waals surface area contributed by atoms with Gasteiger partial charge in [0.1, 0.15) is 11.4 Å².